The van der Waals surface area contributed by atoms with Crippen LogP contribution in [-0.4, -0.2) is 5.91 Å². The first-order valence-electron chi connectivity index (χ1n) is 6.41. The van der Waals surface area contributed by atoms with Gasteiger partial charge in [-0.1, -0.05) is 24.3 Å². The zero-order valence-corrected chi connectivity index (χ0v) is 12.1. The minimum Gasteiger partial charge on any atom is -0.397 e. The summed E-state index contributed by atoms with van der Waals surface area (Å²) in [5.41, 5.74) is 7.36. The highest BCUT2D eigenvalue weighted by Gasteiger charge is 2.17. The second-order valence-corrected chi connectivity index (χ2v) is 5.76. The lowest BCUT2D eigenvalue weighted by atomic mass is 10.2. The Hall–Kier alpha value is -2.40. The van der Waals surface area contributed by atoms with Gasteiger partial charge >= 0.3 is 0 Å². The largest absolute Gasteiger partial charge is 0.397 e. The Bertz CT molecular complexity index is 841. The first-order valence-corrected chi connectivity index (χ1v) is 7.23. The van der Waals surface area contributed by atoms with Gasteiger partial charge in [-0.2, -0.15) is 0 Å². The van der Waals surface area contributed by atoms with E-state index in [4.69, 9.17) is 5.73 Å². The summed E-state index contributed by atoms with van der Waals surface area (Å²) >= 11 is 1.33. The van der Waals surface area contributed by atoms with Gasteiger partial charge in [0.2, 0.25) is 0 Å². The van der Waals surface area contributed by atoms with Gasteiger partial charge in [0, 0.05) is 21.3 Å². The maximum Gasteiger partial charge on any atom is 0.267 e. The van der Waals surface area contributed by atoms with Gasteiger partial charge in [0.15, 0.2) is 0 Å². The topological polar surface area (TPSA) is 55.1 Å². The maximum absolute atomic E-state index is 13.5. The monoisotopic (exact) mass is 300 g/mol. The summed E-state index contributed by atoms with van der Waals surface area (Å²) in [6.07, 6.45) is 0. The highest BCUT2D eigenvalue weighted by Crippen LogP contribution is 2.34. The van der Waals surface area contributed by atoms with Crippen molar-refractivity contribution >= 4 is 38.7 Å². The number of hydrogen-bond donors (Lipinski definition) is 2. The summed E-state index contributed by atoms with van der Waals surface area (Å²) < 4.78 is 14.5. The van der Waals surface area contributed by atoms with Crippen LogP contribution in [0.15, 0.2) is 42.5 Å². The fraction of sp³-hybridized carbons (Fsp3) is 0.0625. The average Bonchev–Trinajstić information content (AvgIpc) is 2.82. The van der Waals surface area contributed by atoms with Crippen LogP contribution in [0, 0.1) is 12.7 Å². The molecule has 3 rings (SSSR count). The second kappa shape index (κ2) is 5.18. The van der Waals surface area contributed by atoms with Crippen LogP contribution in [0.25, 0.3) is 10.1 Å². The third-order valence-electron chi connectivity index (χ3n) is 3.36. The van der Waals surface area contributed by atoms with Crippen LogP contribution in [0.1, 0.15) is 15.2 Å². The molecule has 5 heteroatoms. The van der Waals surface area contributed by atoms with Crippen LogP contribution < -0.4 is 11.1 Å². The molecule has 1 heterocycles. The zero-order valence-electron chi connectivity index (χ0n) is 11.3. The summed E-state index contributed by atoms with van der Waals surface area (Å²) in [6.45, 7) is 1.62. The molecule has 3 aromatic rings. The van der Waals surface area contributed by atoms with Crippen LogP contribution in [0.4, 0.5) is 15.8 Å². The highest BCUT2D eigenvalue weighted by atomic mass is 32.1. The Morgan fingerprint density at radius 1 is 1.19 bits per heavy atom. The molecule has 0 aliphatic heterocycles. The molecule has 1 amide bonds. The summed E-state index contributed by atoms with van der Waals surface area (Å²) in [5, 5.41) is 3.59. The first kappa shape index (κ1) is 13.6. The molecular weight excluding hydrogens is 287 g/mol. The van der Waals surface area contributed by atoms with E-state index in [-0.39, 0.29) is 11.7 Å². The van der Waals surface area contributed by atoms with Crippen LogP contribution in [0.2, 0.25) is 0 Å². The summed E-state index contributed by atoms with van der Waals surface area (Å²) in [7, 11) is 0. The van der Waals surface area contributed by atoms with Crippen molar-refractivity contribution in [2.45, 2.75) is 6.92 Å². The number of hydrogen-bond acceptors (Lipinski definition) is 3. The minimum absolute atomic E-state index is 0.317. The van der Waals surface area contributed by atoms with Gasteiger partial charge in [-0.3, -0.25) is 4.79 Å². The second-order valence-electron chi connectivity index (χ2n) is 4.71. The quantitative estimate of drug-likeness (QED) is 0.746. The van der Waals surface area contributed by atoms with Crippen LogP contribution in [-0.2, 0) is 0 Å². The van der Waals surface area contributed by atoms with Gasteiger partial charge in [-0.05, 0) is 25.1 Å². The van der Waals surface area contributed by atoms with Gasteiger partial charge in [-0.25, -0.2) is 4.39 Å². The lowest BCUT2D eigenvalue weighted by molar-refractivity contribution is 0.103. The normalized spacial score (nSPS) is 10.8. The Balaban J connectivity index is 1.97. The number of amides is 1. The smallest absolute Gasteiger partial charge is 0.267 e. The predicted molar refractivity (Wildman–Crippen MR) is 85.3 cm³/mol. The fourth-order valence-corrected chi connectivity index (χ4v) is 3.17. The SMILES string of the molecule is Cc1c(F)cccc1NC(=O)c1sc2ccccc2c1N. The first-order chi connectivity index (χ1) is 10.1. The van der Waals surface area contributed by atoms with Crippen molar-refractivity contribution in [3.05, 3.63) is 58.7 Å². The van der Waals surface area contributed by atoms with Crippen LogP contribution in [0.5, 0.6) is 0 Å². The summed E-state index contributed by atoms with van der Waals surface area (Å²) in [6, 6.07) is 12.2. The molecule has 2 aromatic carbocycles. The number of nitrogens with two attached hydrogens (primary N) is 1. The number of fused-ring (bicyclic) bond motifs is 1. The molecule has 0 fully saturated rings. The van der Waals surface area contributed by atoms with Gasteiger partial charge in [0.05, 0.1) is 5.69 Å². The van der Waals surface area contributed by atoms with E-state index in [2.05, 4.69) is 5.32 Å². The van der Waals surface area contributed by atoms with Gasteiger partial charge in [0.25, 0.3) is 5.91 Å². The number of carbonyl (C=O) groups excluding carboxylic acids is 1. The van der Waals surface area contributed by atoms with E-state index < -0.39 is 0 Å². The molecule has 21 heavy (non-hydrogen) atoms. The van der Waals surface area contributed by atoms with E-state index in [1.165, 1.54) is 17.4 Å². The molecular formula is C16H13FN2OS. The molecule has 3 nitrogen and oxygen atoms in total. The molecule has 1 aromatic heterocycles. The molecule has 0 saturated heterocycles. The molecule has 0 unspecified atom stereocenters. The van der Waals surface area contributed by atoms with Crippen LogP contribution in [0.3, 0.4) is 0 Å². The molecule has 0 spiro atoms. The van der Waals surface area contributed by atoms with Crippen molar-refractivity contribution in [1.29, 1.82) is 0 Å². The summed E-state index contributed by atoms with van der Waals surface area (Å²) in [4.78, 5) is 12.8. The summed E-state index contributed by atoms with van der Waals surface area (Å²) in [5.74, 6) is -0.667. The van der Waals surface area contributed by atoms with E-state index in [9.17, 15) is 9.18 Å². The van der Waals surface area contributed by atoms with E-state index in [0.717, 1.165) is 10.1 Å². The third kappa shape index (κ3) is 2.36. The molecule has 0 aliphatic rings. The fourth-order valence-electron chi connectivity index (χ4n) is 2.16. The van der Waals surface area contributed by atoms with E-state index >= 15 is 0 Å². The highest BCUT2D eigenvalue weighted by molar-refractivity contribution is 7.21. The molecule has 0 bridgehead atoms. The number of halogens is 1. The van der Waals surface area contributed by atoms with E-state index in [0.29, 0.717) is 21.8 Å². The number of nitrogens with one attached hydrogen (secondary N) is 1. The van der Waals surface area contributed by atoms with Gasteiger partial charge in [0.1, 0.15) is 10.7 Å². The molecule has 0 saturated carbocycles. The Kier molecular flexibility index (Phi) is 3.35. The lowest BCUT2D eigenvalue weighted by Crippen LogP contribution is -2.13. The van der Waals surface area contributed by atoms with Crippen molar-refractivity contribution in [2.75, 3.05) is 11.1 Å². The number of anilines is 2. The molecule has 0 radical (unpaired) electrons. The number of thiophene rings is 1. The predicted octanol–water partition coefficient (Wildman–Crippen LogP) is 4.18. The Morgan fingerprint density at radius 3 is 2.71 bits per heavy atom. The number of nitrogen functional groups attached to an aromatic ring is 1. The average molecular weight is 300 g/mol. The van der Waals surface area contributed by atoms with Crippen molar-refractivity contribution < 1.29 is 9.18 Å². The van der Waals surface area contributed by atoms with Crippen molar-refractivity contribution in [1.82, 2.24) is 0 Å². The van der Waals surface area contributed by atoms with Crippen molar-refractivity contribution in [3.8, 4) is 0 Å². The number of benzene rings is 2. The van der Waals surface area contributed by atoms with Crippen molar-refractivity contribution in [3.63, 3.8) is 0 Å². The Labute approximate surface area is 125 Å². The van der Waals surface area contributed by atoms with Crippen LogP contribution >= 0.6 is 11.3 Å². The zero-order chi connectivity index (χ0) is 15.0. The van der Waals surface area contributed by atoms with E-state index in [1.807, 2.05) is 24.3 Å². The lowest BCUT2D eigenvalue weighted by Gasteiger charge is -2.08. The molecule has 0 atom stereocenters. The van der Waals surface area contributed by atoms with Gasteiger partial charge < -0.3 is 11.1 Å². The van der Waals surface area contributed by atoms with E-state index in [1.54, 1.807) is 19.1 Å². The Morgan fingerprint density at radius 2 is 1.95 bits per heavy atom. The number of carbonyl (C=O) groups is 1. The maximum atomic E-state index is 13.5. The standard InChI is InChI=1S/C16H13FN2OS/c1-9-11(17)6-4-7-12(9)19-16(20)15-14(18)10-5-2-3-8-13(10)21-15/h2-8H,18H2,1H3,(H,19,20). The minimum atomic E-state index is -0.350. The molecule has 106 valence electrons. The molecule has 0 aliphatic carbocycles. The number of rotatable bonds is 2. The molecule has 3 N–H and O–H groups in total. The third-order valence-corrected chi connectivity index (χ3v) is 4.54. The van der Waals surface area contributed by atoms with Crippen molar-refractivity contribution in [2.24, 2.45) is 0 Å². The van der Waals surface area contributed by atoms with Gasteiger partial charge in [-0.15, -0.1) is 11.3 Å².